The van der Waals surface area contributed by atoms with Crippen LogP contribution in [-0.4, -0.2) is 36.8 Å². The lowest BCUT2D eigenvalue weighted by Crippen LogP contribution is -2.27. The van der Waals surface area contributed by atoms with Crippen LogP contribution < -0.4 is 14.4 Å². The molecule has 0 bridgehead atoms. The number of hydrogen-bond acceptors (Lipinski definition) is 8. The molecule has 8 nitrogen and oxygen atoms in total. The van der Waals surface area contributed by atoms with Gasteiger partial charge in [0.15, 0.2) is 12.4 Å². The van der Waals surface area contributed by atoms with E-state index in [-0.39, 0.29) is 18.9 Å². The van der Waals surface area contributed by atoms with Gasteiger partial charge < -0.3 is 19.1 Å². The highest BCUT2D eigenvalue weighted by Crippen LogP contribution is 2.30. The molecule has 0 radical (unpaired) electrons. The molecule has 1 fully saturated rings. The number of carbonyl (C=O) groups is 4. The number of esters is 2. The van der Waals surface area contributed by atoms with Crippen LogP contribution in [0.3, 0.4) is 0 Å². The molecule has 1 saturated heterocycles. The number of aryl methyl sites for hydroxylation is 2. The maximum absolute atomic E-state index is 12.7. The monoisotopic (exact) mass is 569 g/mol. The molecule has 0 spiro atoms. The van der Waals surface area contributed by atoms with E-state index in [1.54, 1.807) is 41.8 Å². The Kier molecular flexibility index (Phi) is 8.26. The summed E-state index contributed by atoms with van der Waals surface area (Å²) < 4.78 is 16.5. The second-order valence-electron chi connectivity index (χ2n) is 9.67. The van der Waals surface area contributed by atoms with Crippen LogP contribution in [0.5, 0.6) is 17.2 Å². The van der Waals surface area contributed by atoms with Gasteiger partial charge in [-0.3, -0.25) is 14.4 Å². The zero-order valence-corrected chi connectivity index (χ0v) is 23.3. The topological polar surface area (TPSA) is 99.2 Å². The zero-order valence-electron chi connectivity index (χ0n) is 22.5. The normalized spacial score (nSPS) is 14.5. The number of benzene rings is 3. The Bertz CT molecular complexity index is 1580. The van der Waals surface area contributed by atoms with E-state index < -0.39 is 30.2 Å². The van der Waals surface area contributed by atoms with Crippen LogP contribution in [0.2, 0.25) is 0 Å². The van der Waals surface area contributed by atoms with Crippen LogP contribution in [-0.2, 0) is 14.3 Å². The molecule has 5 rings (SSSR count). The van der Waals surface area contributed by atoms with Crippen molar-refractivity contribution in [3.05, 3.63) is 106 Å². The number of carbonyl (C=O) groups excluding carboxylic acids is 4. The van der Waals surface area contributed by atoms with Crippen LogP contribution in [0.1, 0.15) is 37.6 Å². The fourth-order valence-electron chi connectivity index (χ4n) is 4.32. The van der Waals surface area contributed by atoms with E-state index in [0.29, 0.717) is 27.6 Å². The van der Waals surface area contributed by atoms with Crippen LogP contribution in [0, 0.1) is 19.8 Å². The van der Waals surface area contributed by atoms with Crippen molar-refractivity contribution in [2.24, 2.45) is 5.92 Å². The molecule has 1 aromatic heterocycles. The molecule has 41 heavy (non-hydrogen) atoms. The first kappa shape index (κ1) is 27.8. The third-order valence-electron chi connectivity index (χ3n) is 6.78. The molecule has 0 N–H and O–H groups in total. The van der Waals surface area contributed by atoms with Crippen LogP contribution in [0.25, 0.3) is 0 Å². The van der Waals surface area contributed by atoms with Crippen LogP contribution >= 0.6 is 11.3 Å². The molecule has 4 aromatic rings. The second kappa shape index (κ2) is 12.2. The van der Waals surface area contributed by atoms with Gasteiger partial charge in [0.05, 0.1) is 5.92 Å². The van der Waals surface area contributed by atoms with E-state index in [2.05, 4.69) is 0 Å². The Morgan fingerprint density at radius 2 is 1.59 bits per heavy atom. The van der Waals surface area contributed by atoms with Gasteiger partial charge in [0.1, 0.15) is 22.1 Å². The van der Waals surface area contributed by atoms with Crippen molar-refractivity contribution in [1.29, 1.82) is 0 Å². The molecule has 3 aromatic carbocycles. The number of Topliss-reactive ketones (excluding diaryl/α,β-unsaturated/α-hetero) is 1. The van der Waals surface area contributed by atoms with E-state index in [1.165, 1.54) is 46.1 Å². The molecule has 1 amide bonds. The van der Waals surface area contributed by atoms with Crippen molar-refractivity contribution in [3.63, 3.8) is 0 Å². The first-order valence-corrected chi connectivity index (χ1v) is 13.9. The number of amides is 1. The Morgan fingerprint density at radius 1 is 0.878 bits per heavy atom. The highest BCUT2D eigenvalue weighted by Gasteiger charge is 2.36. The van der Waals surface area contributed by atoms with Crippen molar-refractivity contribution in [2.75, 3.05) is 18.1 Å². The summed E-state index contributed by atoms with van der Waals surface area (Å²) in [6, 6.07) is 22.4. The molecule has 0 unspecified atom stereocenters. The summed E-state index contributed by atoms with van der Waals surface area (Å²) in [6.07, 6.45) is -0.00176. The van der Waals surface area contributed by atoms with Crippen molar-refractivity contribution < 1.29 is 33.4 Å². The summed E-state index contributed by atoms with van der Waals surface area (Å²) in [4.78, 5) is 52.0. The van der Waals surface area contributed by atoms with Gasteiger partial charge in [0.25, 0.3) is 0 Å². The van der Waals surface area contributed by atoms with Crippen molar-refractivity contribution in [1.82, 2.24) is 0 Å². The van der Waals surface area contributed by atoms with Gasteiger partial charge in [-0.15, -0.1) is 11.3 Å². The first-order valence-electron chi connectivity index (χ1n) is 13.0. The minimum atomic E-state index is -0.680. The standard InChI is InChI=1S/C32H27NO7S/c1-20-5-10-27(16-21(20)2)39-25-13-8-24(9-14-25)33-18-23(17-30(33)35)31(36)38-19-28(34)22-6-11-26(12-7-22)40-32(37)29-4-3-15-41-29/h3-16,23H,17-19H2,1-2H3/t23-/m1/s1. The average Bonchev–Trinajstić information content (AvgIpc) is 3.65. The van der Waals surface area contributed by atoms with Gasteiger partial charge in [-0.05, 0) is 97.1 Å². The first-order chi connectivity index (χ1) is 19.8. The van der Waals surface area contributed by atoms with Gasteiger partial charge in [0.2, 0.25) is 5.91 Å². The summed E-state index contributed by atoms with van der Waals surface area (Å²) in [5, 5.41) is 1.78. The third-order valence-corrected chi connectivity index (χ3v) is 7.63. The average molecular weight is 570 g/mol. The predicted octanol–water partition coefficient (Wildman–Crippen LogP) is 6.16. The molecule has 1 aliphatic rings. The number of ether oxygens (including phenoxy) is 3. The Balaban J connectivity index is 1.11. The molecule has 1 aliphatic heterocycles. The second-order valence-corrected chi connectivity index (χ2v) is 10.6. The van der Waals surface area contributed by atoms with Crippen molar-refractivity contribution in [3.8, 4) is 17.2 Å². The number of nitrogens with zero attached hydrogens (tertiary/aromatic N) is 1. The van der Waals surface area contributed by atoms with E-state index in [0.717, 1.165) is 11.3 Å². The molecule has 1 atom stereocenters. The van der Waals surface area contributed by atoms with Crippen molar-refractivity contribution in [2.45, 2.75) is 20.3 Å². The number of ketones is 1. The SMILES string of the molecule is Cc1ccc(Oc2ccc(N3C[C@H](C(=O)OCC(=O)c4ccc(OC(=O)c5cccs5)cc4)CC3=O)cc2)cc1C. The number of rotatable bonds is 9. The van der Waals surface area contributed by atoms with E-state index in [9.17, 15) is 19.2 Å². The molecule has 208 valence electrons. The highest BCUT2D eigenvalue weighted by atomic mass is 32.1. The minimum Gasteiger partial charge on any atom is -0.457 e. The smallest absolute Gasteiger partial charge is 0.353 e. The van der Waals surface area contributed by atoms with Gasteiger partial charge in [-0.25, -0.2) is 4.79 Å². The molecule has 0 aliphatic carbocycles. The lowest BCUT2D eigenvalue weighted by atomic mass is 10.1. The molecular formula is C32H27NO7S. The van der Waals surface area contributed by atoms with Crippen molar-refractivity contribution >= 4 is 40.7 Å². The van der Waals surface area contributed by atoms with E-state index >= 15 is 0 Å². The lowest BCUT2D eigenvalue weighted by Gasteiger charge is -2.17. The fourth-order valence-corrected chi connectivity index (χ4v) is 4.92. The fraction of sp³-hybridized carbons (Fsp3) is 0.188. The van der Waals surface area contributed by atoms with Crippen LogP contribution in [0.15, 0.2) is 84.2 Å². The number of anilines is 1. The summed E-state index contributed by atoms with van der Waals surface area (Å²) in [5.41, 5.74) is 3.27. The maximum atomic E-state index is 12.7. The Labute approximate surface area is 241 Å². The van der Waals surface area contributed by atoms with Gasteiger partial charge in [-0.1, -0.05) is 12.1 Å². The van der Waals surface area contributed by atoms with E-state index in [4.69, 9.17) is 14.2 Å². The zero-order chi connectivity index (χ0) is 28.9. The molecule has 0 saturated carbocycles. The lowest BCUT2D eigenvalue weighted by molar-refractivity contribution is -0.147. The summed E-state index contributed by atoms with van der Waals surface area (Å²) in [6.45, 7) is 3.76. The van der Waals surface area contributed by atoms with Gasteiger partial charge >= 0.3 is 11.9 Å². The highest BCUT2D eigenvalue weighted by molar-refractivity contribution is 7.12. The third kappa shape index (κ3) is 6.70. The summed E-state index contributed by atoms with van der Waals surface area (Å²) >= 11 is 1.27. The maximum Gasteiger partial charge on any atom is 0.353 e. The minimum absolute atomic E-state index is 0.00176. The predicted molar refractivity (Wildman–Crippen MR) is 154 cm³/mol. The number of thiophene rings is 1. The quantitative estimate of drug-likeness (QED) is 0.135. The van der Waals surface area contributed by atoms with Crippen LogP contribution in [0.4, 0.5) is 5.69 Å². The Hall–Kier alpha value is -4.76. The van der Waals surface area contributed by atoms with Gasteiger partial charge in [0, 0.05) is 24.2 Å². The van der Waals surface area contributed by atoms with Gasteiger partial charge in [-0.2, -0.15) is 0 Å². The summed E-state index contributed by atoms with van der Waals surface area (Å²) in [7, 11) is 0. The molecular weight excluding hydrogens is 542 g/mol. The molecule has 9 heteroatoms. The Morgan fingerprint density at radius 3 is 2.27 bits per heavy atom. The molecule has 2 heterocycles. The number of hydrogen-bond donors (Lipinski definition) is 0. The summed E-state index contributed by atoms with van der Waals surface area (Å²) in [5.74, 6) is -0.716. The van der Waals surface area contributed by atoms with E-state index in [1.807, 2.05) is 32.0 Å². The largest absolute Gasteiger partial charge is 0.457 e.